The zero-order chi connectivity index (χ0) is 20.7. The largest absolute Gasteiger partial charge is 0.358 e. The molecule has 1 unspecified atom stereocenters. The summed E-state index contributed by atoms with van der Waals surface area (Å²) >= 11 is 0. The fourth-order valence-electron chi connectivity index (χ4n) is 4.92. The van der Waals surface area contributed by atoms with Crippen molar-refractivity contribution in [2.24, 2.45) is 5.92 Å². The van der Waals surface area contributed by atoms with Crippen LogP contribution in [0.3, 0.4) is 0 Å². The predicted octanol–water partition coefficient (Wildman–Crippen LogP) is 2.81. The summed E-state index contributed by atoms with van der Waals surface area (Å²) < 4.78 is 3.34. The minimum Gasteiger partial charge on any atom is -0.358 e. The Labute approximate surface area is 175 Å². The van der Waals surface area contributed by atoms with Gasteiger partial charge in [0.05, 0.1) is 11.1 Å². The van der Waals surface area contributed by atoms with E-state index in [1.54, 1.807) is 9.25 Å². The van der Waals surface area contributed by atoms with Crippen LogP contribution in [-0.4, -0.2) is 31.8 Å². The van der Waals surface area contributed by atoms with E-state index in [0.717, 1.165) is 50.0 Å². The Kier molecular flexibility index (Phi) is 4.97. The minimum absolute atomic E-state index is 0.0213. The SMILES string of the molecule is CC1CCc2[nH]c3c(C(=O)NCCCn4nc5n(c4=O)CCCC5)cccc3c2C1. The molecule has 7 nitrogen and oxygen atoms in total. The summed E-state index contributed by atoms with van der Waals surface area (Å²) in [6.45, 7) is 4.10. The van der Waals surface area contributed by atoms with Crippen LogP contribution in [0.1, 0.15) is 60.0 Å². The van der Waals surface area contributed by atoms with E-state index >= 15 is 0 Å². The Morgan fingerprint density at radius 3 is 3.07 bits per heavy atom. The molecule has 30 heavy (non-hydrogen) atoms. The number of para-hydroxylation sites is 1. The number of benzene rings is 1. The number of nitrogens with one attached hydrogen (secondary N) is 2. The van der Waals surface area contributed by atoms with Crippen LogP contribution < -0.4 is 11.0 Å². The lowest BCUT2D eigenvalue weighted by molar-refractivity contribution is 0.0954. The maximum absolute atomic E-state index is 12.9. The fraction of sp³-hybridized carbons (Fsp3) is 0.522. The molecule has 1 aliphatic heterocycles. The minimum atomic E-state index is -0.0660. The van der Waals surface area contributed by atoms with Gasteiger partial charge in [0.2, 0.25) is 0 Å². The molecule has 0 fully saturated rings. The molecule has 2 aliphatic rings. The van der Waals surface area contributed by atoms with Gasteiger partial charge >= 0.3 is 5.69 Å². The van der Waals surface area contributed by atoms with Gasteiger partial charge in [0.15, 0.2) is 0 Å². The summed E-state index contributed by atoms with van der Waals surface area (Å²) in [7, 11) is 0. The predicted molar refractivity (Wildman–Crippen MR) is 116 cm³/mol. The molecule has 1 atom stereocenters. The molecule has 0 saturated carbocycles. The lowest BCUT2D eigenvalue weighted by atomic mass is 9.87. The van der Waals surface area contributed by atoms with Crippen molar-refractivity contribution >= 4 is 16.8 Å². The molecule has 2 N–H and O–H groups in total. The molecule has 2 aromatic heterocycles. The van der Waals surface area contributed by atoms with Gasteiger partial charge in [-0.3, -0.25) is 9.36 Å². The van der Waals surface area contributed by atoms with Gasteiger partial charge in [0, 0.05) is 37.1 Å². The molecule has 1 aromatic carbocycles. The van der Waals surface area contributed by atoms with Gasteiger partial charge in [0.25, 0.3) is 5.91 Å². The van der Waals surface area contributed by atoms with Crippen molar-refractivity contribution in [3.8, 4) is 0 Å². The molecule has 158 valence electrons. The lowest BCUT2D eigenvalue weighted by Gasteiger charge is -2.17. The number of hydrogen-bond donors (Lipinski definition) is 2. The molecule has 0 saturated heterocycles. The normalized spacial score (nSPS) is 18.2. The van der Waals surface area contributed by atoms with Crippen molar-refractivity contribution in [2.45, 2.75) is 65.0 Å². The van der Waals surface area contributed by atoms with Gasteiger partial charge in [-0.05, 0) is 56.1 Å². The average molecular weight is 408 g/mol. The van der Waals surface area contributed by atoms with E-state index in [9.17, 15) is 9.59 Å². The van der Waals surface area contributed by atoms with Crippen LogP contribution in [0.15, 0.2) is 23.0 Å². The van der Waals surface area contributed by atoms with Gasteiger partial charge in [-0.1, -0.05) is 19.1 Å². The van der Waals surface area contributed by atoms with E-state index in [-0.39, 0.29) is 11.6 Å². The smallest absolute Gasteiger partial charge is 0.345 e. The first-order valence-electron chi connectivity index (χ1n) is 11.2. The summed E-state index contributed by atoms with van der Waals surface area (Å²) in [5, 5.41) is 8.66. The molecule has 3 aromatic rings. The Balaban J connectivity index is 1.25. The van der Waals surface area contributed by atoms with E-state index in [2.05, 4.69) is 28.4 Å². The monoisotopic (exact) mass is 407 g/mol. The van der Waals surface area contributed by atoms with Crippen LogP contribution in [-0.2, 0) is 32.4 Å². The Hall–Kier alpha value is -2.83. The number of H-pyrrole nitrogens is 1. The highest BCUT2D eigenvalue weighted by Crippen LogP contribution is 2.32. The van der Waals surface area contributed by atoms with Gasteiger partial charge in [-0.25, -0.2) is 9.48 Å². The first-order chi connectivity index (χ1) is 14.6. The van der Waals surface area contributed by atoms with Gasteiger partial charge in [0.1, 0.15) is 5.82 Å². The number of amides is 1. The quantitative estimate of drug-likeness (QED) is 0.638. The van der Waals surface area contributed by atoms with Crippen LogP contribution in [0.5, 0.6) is 0 Å². The van der Waals surface area contributed by atoms with Crippen LogP contribution in [0.2, 0.25) is 0 Å². The highest BCUT2D eigenvalue weighted by atomic mass is 16.2. The van der Waals surface area contributed by atoms with Crippen LogP contribution in [0.4, 0.5) is 0 Å². The van der Waals surface area contributed by atoms with Gasteiger partial charge < -0.3 is 10.3 Å². The number of aryl methyl sites for hydroxylation is 3. The third kappa shape index (κ3) is 3.36. The standard InChI is InChI=1S/C23H29N5O2/c1-15-9-10-19-18(14-15)16-6-4-7-17(21(16)25-19)22(29)24-11-5-13-28-23(30)27-12-3-2-8-20(27)26-28/h4,6-7,15,25H,2-3,5,8-14H2,1H3,(H,24,29). The molecule has 1 aliphatic carbocycles. The maximum Gasteiger partial charge on any atom is 0.345 e. The van der Waals surface area contributed by atoms with Crippen molar-refractivity contribution in [2.75, 3.05) is 6.54 Å². The van der Waals surface area contributed by atoms with Crippen molar-refractivity contribution in [3.63, 3.8) is 0 Å². The van der Waals surface area contributed by atoms with Crippen molar-refractivity contribution in [1.29, 1.82) is 0 Å². The molecule has 3 heterocycles. The van der Waals surface area contributed by atoms with Gasteiger partial charge in [-0.2, -0.15) is 5.10 Å². The van der Waals surface area contributed by atoms with Gasteiger partial charge in [-0.15, -0.1) is 0 Å². The number of carbonyl (C=O) groups excluding carboxylic acids is 1. The second-order valence-corrected chi connectivity index (χ2v) is 8.80. The van der Waals surface area contributed by atoms with Crippen molar-refractivity contribution in [3.05, 3.63) is 51.3 Å². The molecule has 5 rings (SSSR count). The number of carbonyl (C=O) groups is 1. The topological polar surface area (TPSA) is 84.7 Å². The fourth-order valence-corrected chi connectivity index (χ4v) is 4.92. The Morgan fingerprint density at radius 1 is 1.30 bits per heavy atom. The van der Waals surface area contributed by atoms with E-state index in [1.807, 2.05) is 12.1 Å². The van der Waals surface area contributed by atoms with E-state index < -0.39 is 0 Å². The number of rotatable bonds is 5. The summed E-state index contributed by atoms with van der Waals surface area (Å²) in [6, 6.07) is 5.98. The van der Waals surface area contributed by atoms with Crippen LogP contribution in [0.25, 0.3) is 10.9 Å². The highest BCUT2D eigenvalue weighted by molar-refractivity contribution is 6.06. The Bertz CT molecular complexity index is 1150. The maximum atomic E-state index is 12.9. The summed E-state index contributed by atoms with van der Waals surface area (Å²) in [4.78, 5) is 28.8. The van der Waals surface area contributed by atoms with E-state index in [4.69, 9.17) is 0 Å². The summed E-state index contributed by atoms with van der Waals surface area (Å²) in [5.41, 5.74) is 4.29. The zero-order valence-electron chi connectivity index (χ0n) is 17.5. The molecule has 7 heteroatoms. The van der Waals surface area contributed by atoms with Crippen molar-refractivity contribution < 1.29 is 4.79 Å². The number of fused-ring (bicyclic) bond motifs is 4. The lowest BCUT2D eigenvalue weighted by Crippen LogP contribution is -2.29. The second-order valence-electron chi connectivity index (χ2n) is 8.80. The van der Waals surface area contributed by atoms with Crippen LogP contribution in [0, 0.1) is 5.92 Å². The summed E-state index contributed by atoms with van der Waals surface area (Å²) in [5.74, 6) is 1.52. The van der Waals surface area contributed by atoms with Crippen LogP contribution >= 0.6 is 0 Å². The number of hydrogen-bond acceptors (Lipinski definition) is 3. The third-order valence-corrected chi connectivity index (χ3v) is 6.58. The molecule has 1 amide bonds. The van der Waals surface area contributed by atoms with Crippen molar-refractivity contribution in [1.82, 2.24) is 24.6 Å². The average Bonchev–Trinajstić information content (AvgIpc) is 3.28. The summed E-state index contributed by atoms with van der Waals surface area (Å²) in [6.07, 6.45) is 7.01. The number of aromatic amines is 1. The molecule has 0 radical (unpaired) electrons. The third-order valence-electron chi connectivity index (χ3n) is 6.58. The molecule has 0 spiro atoms. The van der Waals surface area contributed by atoms with E-state index in [0.29, 0.717) is 31.0 Å². The Morgan fingerprint density at radius 2 is 2.20 bits per heavy atom. The molecule has 0 bridgehead atoms. The first kappa shape index (κ1) is 19.2. The highest BCUT2D eigenvalue weighted by Gasteiger charge is 2.22. The number of nitrogens with zero attached hydrogens (tertiary/aromatic N) is 3. The van der Waals surface area contributed by atoms with E-state index in [1.165, 1.54) is 23.1 Å². The zero-order valence-corrected chi connectivity index (χ0v) is 17.5. The number of aromatic nitrogens is 4. The molecular formula is C23H29N5O2. The molecular weight excluding hydrogens is 378 g/mol. The first-order valence-corrected chi connectivity index (χ1v) is 11.2. The second kappa shape index (κ2) is 7.78.